The molecule has 9 rings (SSSR count). The van der Waals surface area contributed by atoms with Gasteiger partial charge in [-0.05, 0) is 130 Å². The van der Waals surface area contributed by atoms with Crippen LogP contribution in [0.2, 0.25) is 0 Å². The molecular weight excluding hydrogens is 817 g/mol. The number of carbonyl (C=O) groups excluding carboxylic acids is 2. The minimum Gasteiger partial charge on any atom is -0.483 e. The Kier molecular flexibility index (Phi) is 14.7. The molecule has 0 amide bonds. The van der Waals surface area contributed by atoms with Gasteiger partial charge in [0.05, 0.1) is 12.2 Å². The molecule has 4 aromatic carbocycles. The number of aliphatic hydroxyl groups excluding tert-OH is 1. The summed E-state index contributed by atoms with van der Waals surface area (Å²) in [5.74, 6) is -0.953. The molecule has 1 fully saturated rings. The second-order valence-electron chi connectivity index (χ2n) is 19.0. The summed E-state index contributed by atoms with van der Waals surface area (Å²) < 4.78 is 32.3. The maximum absolute atomic E-state index is 14.9. The SMILES string of the molecule is COCC(CCO)c1cc2ccc3c(c2oc1=O)C1OC(=O)CC(CCc2cccc(Cc4ccccc4)c2)Cc2ccc(cc2)CCC(=C(C)C)C(=O)OC1C(C)(C1CCCCC1)O3. The second kappa shape index (κ2) is 20.8. The van der Waals surface area contributed by atoms with Crippen molar-refractivity contribution in [2.24, 2.45) is 11.8 Å². The lowest BCUT2D eigenvalue weighted by Crippen LogP contribution is -2.58. The van der Waals surface area contributed by atoms with E-state index >= 15 is 0 Å². The molecule has 0 spiro atoms. The van der Waals surface area contributed by atoms with E-state index in [1.807, 2.05) is 39.0 Å². The van der Waals surface area contributed by atoms with E-state index in [0.29, 0.717) is 53.5 Å². The summed E-state index contributed by atoms with van der Waals surface area (Å²) in [6.45, 7) is 5.94. The average Bonchev–Trinajstić information content (AvgIpc) is 3.30. The second-order valence-corrected chi connectivity index (χ2v) is 19.0. The molecule has 342 valence electrons. The summed E-state index contributed by atoms with van der Waals surface area (Å²) in [5.41, 5.74) is 6.68. The highest BCUT2D eigenvalue weighted by molar-refractivity contribution is 5.90. The van der Waals surface area contributed by atoms with Crippen molar-refractivity contribution in [2.75, 3.05) is 20.3 Å². The molecule has 3 aliphatic heterocycles. The summed E-state index contributed by atoms with van der Waals surface area (Å²) in [5, 5.41) is 10.5. The minimum atomic E-state index is -1.15. The molecule has 0 radical (unpaired) electrons. The zero-order valence-corrected chi connectivity index (χ0v) is 38.4. The molecule has 5 unspecified atom stereocenters. The zero-order chi connectivity index (χ0) is 45.5. The quantitative estimate of drug-likeness (QED) is 0.0785. The van der Waals surface area contributed by atoms with Crippen LogP contribution in [0.5, 0.6) is 5.75 Å². The maximum Gasteiger partial charge on any atom is 0.339 e. The largest absolute Gasteiger partial charge is 0.483 e. The van der Waals surface area contributed by atoms with Crippen LogP contribution in [-0.2, 0) is 49.5 Å². The predicted octanol–water partition coefficient (Wildman–Crippen LogP) is 10.9. The zero-order valence-electron chi connectivity index (χ0n) is 38.4. The fourth-order valence-corrected chi connectivity index (χ4v) is 10.6. The van der Waals surface area contributed by atoms with Gasteiger partial charge >= 0.3 is 17.6 Å². The smallest absolute Gasteiger partial charge is 0.339 e. The molecule has 1 aliphatic carbocycles. The van der Waals surface area contributed by atoms with Crippen molar-refractivity contribution in [3.8, 4) is 5.75 Å². The first-order valence-corrected chi connectivity index (χ1v) is 23.7. The third-order valence-corrected chi connectivity index (χ3v) is 14.2. The Morgan fingerprint density at radius 2 is 1.55 bits per heavy atom. The minimum absolute atomic E-state index is 0.00844. The van der Waals surface area contributed by atoms with Crippen LogP contribution in [0.25, 0.3) is 11.0 Å². The summed E-state index contributed by atoms with van der Waals surface area (Å²) in [6, 6.07) is 33.2. The van der Waals surface area contributed by atoms with Crippen LogP contribution in [0.4, 0.5) is 0 Å². The van der Waals surface area contributed by atoms with Gasteiger partial charge in [0.25, 0.3) is 0 Å². The lowest BCUT2D eigenvalue weighted by atomic mass is 9.71. The highest BCUT2D eigenvalue weighted by Gasteiger charge is 2.56. The lowest BCUT2D eigenvalue weighted by Gasteiger charge is -2.49. The topological polar surface area (TPSA) is 122 Å². The van der Waals surface area contributed by atoms with Gasteiger partial charge in [-0.25, -0.2) is 9.59 Å². The van der Waals surface area contributed by atoms with Crippen LogP contribution in [-0.4, -0.2) is 49.1 Å². The number of fused-ring (bicyclic) bond motifs is 13. The van der Waals surface area contributed by atoms with Gasteiger partial charge in [0, 0.05) is 48.5 Å². The third-order valence-electron chi connectivity index (χ3n) is 14.2. The molecule has 5 aromatic rings. The van der Waals surface area contributed by atoms with Crippen LogP contribution in [0.15, 0.2) is 117 Å². The standard InChI is InChI=1S/C56H64O9/c1-36(2)46-26-24-37-18-20-40(21-19-37)32-42(23-22-39-14-11-15-41(31-39)30-38-12-7-5-8-13-38)33-49(58)62-52-50-48(65-56(3,53(52)64-54(46)59)45-16-9-6-10-17-45)27-25-43-34-47(55(60)63-51(43)50)44(28-29-57)35-61-4/h5,7-8,11-15,18-21,25,27,31,34,42,44-45,52-53,57H,6,9-10,16-17,22-24,26,28-30,32-33,35H2,1-4H3. The summed E-state index contributed by atoms with van der Waals surface area (Å²) in [7, 11) is 1.56. The van der Waals surface area contributed by atoms with E-state index < -0.39 is 41.3 Å². The molecule has 1 N–H and O–H groups in total. The van der Waals surface area contributed by atoms with E-state index in [1.54, 1.807) is 13.2 Å². The summed E-state index contributed by atoms with van der Waals surface area (Å²) in [4.78, 5) is 43.5. The van der Waals surface area contributed by atoms with Crippen LogP contribution >= 0.6 is 0 Å². The van der Waals surface area contributed by atoms with Gasteiger partial charge in [0.2, 0.25) is 0 Å². The van der Waals surface area contributed by atoms with E-state index in [-0.39, 0.29) is 37.1 Å². The molecule has 9 nitrogen and oxygen atoms in total. The Balaban J connectivity index is 1.21. The molecule has 1 saturated carbocycles. The number of aliphatic hydroxyl groups is 1. The lowest BCUT2D eigenvalue weighted by molar-refractivity contribution is -0.201. The number of carbonyl (C=O) groups is 2. The van der Waals surface area contributed by atoms with Gasteiger partial charge in [-0.3, -0.25) is 4.79 Å². The highest BCUT2D eigenvalue weighted by Crippen LogP contribution is 2.52. The molecule has 4 heterocycles. The number of esters is 2. The Hall–Kier alpha value is -5.51. The first kappa shape index (κ1) is 46.0. The number of allylic oxidation sites excluding steroid dienone is 1. The number of ether oxygens (including phenoxy) is 4. The molecule has 2 bridgehead atoms. The molecule has 4 aliphatic rings. The van der Waals surface area contributed by atoms with E-state index in [2.05, 4.69) is 72.8 Å². The van der Waals surface area contributed by atoms with Crippen LogP contribution < -0.4 is 10.4 Å². The Labute approximate surface area is 383 Å². The average molecular weight is 881 g/mol. The van der Waals surface area contributed by atoms with E-state index in [4.69, 9.17) is 23.4 Å². The van der Waals surface area contributed by atoms with Crippen molar-refractivity contribution in [3.05, 3.63) is 158 Å². The van der Waals surface area contributed by atoms with Crippen molar-refractivity contribution < 1.29 is 38.1 Å². The van der Waals surface area contributed by atoms with Crippen molar-refractivity contribution >= 4 is 22.9 Å². The van der Waals surface area contributed by atoms with Crippen molar-refractivity contribution in [1.82, 2.24) is 0 Å². The molecule has 1 aromatic heterocycles. The number of methoxy groups -OCH3 is 1. The molecular formula is C56H64O9. The van der Waals surface area contributed by atoms with Crippen LogP contribution in [0, 0.1) is 11.8 Å². The normalized spacial score (nSPS) is 22.4. The van der Waals surface area contributed by atoms with Crippen molar-refractivity contribution in [1.29, 1.82) is 0 Å². The van der Waals surface area contributed by atoms with E-state index in [0.717, 1.165) is 68.1 Å². The fraction of sp³-hybridized carbons (Fsp3) is 0.446. The van der Waals surface area contributed by atoms with Crippen LogP contribution in [0.3, 0.4) is 0 Å². The third kappa shape index (κ3) is 10.6. The Morgan fingerprint density at radius 1 is 0.815 bits per heavy atom. The molecule has 5 atom stereocenters. The first-order valence-electron chi connectivity index (χ1n) is 23.7. The van der Waals surface area contributed by atoms with Gasteiger partial charge in [-0.1, -0.05) is 104 Å². The number of aryl methyl sites for hydroxylation is 2. The molecule has 65 heavy (non-hydrogen) atoms. The van der Waals surface area contributed by atoms with Crippen molar-refractivity contribution in [2.45, 2.75) is 128 Å². The van der Waals surface area contributed by atoms with E-state index in [1.165, 1.54) is 16.7 Å². The van der Waals surface area contributed by atoms with Gasteiger partial charge in [0.15, 0.2) is 12.2 Å². The number of hydrogen-bond donors (Lipinski definition) is 1. The Morgan fingerprint density at radius 3 is 2.29 bits per heavy atom. The number of hydrogen-bond acceptors (Lipinski definition) is 9. The fourth-order valence-electron chi connectivity index (χ4n) is 10.6. The van der Waals surface area contributed by atoms with Gasteiger partial charge in [0.1, 0.15) is 16.9 Å². The highest BCUT2D eigenvalue weighted by atomic mass is 16.6. The summed E-state index contributed by atoms with van der Waals surface area (Å²) in [6.07, 6.45) is 7.22. The van der Waals surface area contributed by atoms with Gasteiger partial charge in [-0.15, -0.1) is 0 Å². The van der Waals surface area contributed by atoms with E-state index in [9.17, 15) is 19.5 Å². The Bertz CT molecular complexity index is 2520. The first-order chi connectivity index (χ1) is 31.5. The van der Waals surface area contributed by atoms with Crippen LogP contribution in [0.1, 0.15) is 130 Å². The summed E-state index contributed by atoms with van der Waals surface area (Å²) >= 11 is 0. The van der Waals surface area contributed by atoms with Gasteiger partial charge in [-0.2, -0.15) is 0 Å². The maximum atomic E-state index is 14.9. The molecule has 0 saturated heterocycles. The number of benzene rings is 4. The predicted molar refractivity (Wildman–Crippen MR) is 252 cm³/mol. The monoisotopic (exact) mass is 880 g/mol. The molecule has 9 heteroatoms. The van der Waals surface area contributed by atoms with Gasteiger partial charge < -0.3 is 28.5 Å². The number of rotatable bonds is 11. The van der Waals surface area contributed by atoms with Crippen molar-refractivity contribution in [3.63, 3.8) is 0 Å².